The van der Waals surface area contributed by atoms with Crippen molar-refractivity contribution in [1.29, 1.82) is 0 Å². The summed E-state index contributed by atoms with van der Waals surface area (Å²) in [6, 6.07) is 10.9. The van der Waals surface area contributed by atoms with E-state index in [1.165, 1.54) is 24.9 Å². The molecule has 0 aromatic heterocycles. The molecule has 2 rings (SSSR count). The first-order valence-electron chi connectivity index (χ1n) is 7.94. The third kappa shape index (κ3) is 4.58. The summed E-state index contributed by atoms with van der Waals surface area (Å²) in [5, 5.41) is 8.99. The highest BCUT2D eigenvalue weighted by Crippen LogP contribution is 2.22. The van der Waals surface area contributed by atoms with Crippen molar-refractivity contribution in [3.8, 4) is 0 Å². The van der Waals surface area contributed by atoms with Gasteiger partial charge in [0.1, 0.15) is 0 Å². The van der Waals surface area contributed by atoms with Gasteiger partial charge in [0.25, 0.3) is 0 Å². The maximum atomic E-state index is 8.99. The van der Waals surface area contributed by atoms with Crippen LogP contribution in [-0.4, -0.2) is 60.8 Å². The van der Waals surface area contributed by atoms with E-state index in [-0.39, 0.29) is 6.61 Å². The second-order valence-corrected chi connectivity index (χ2v) is 5.76. The molecular formula is C17H28N2O. The minimum Gasteiger partial charge on any atom is -0.395 e. The number of aliphatic hydroxyl groups excluding tert-OH is 1. The predicted molar refractivity (Wildman–Crippen MR) is 84.1 cm³/mol. The number of hydrogen-bond acceptors (Lipinski definition) is 3. The molecule has 1 fully saturated rings. The van der Waals surface area contributed by atoms with Crippen LogP contribution in [0.4, 0.5) is 0 Å². The average Bonchev–Trinajstić information content (AvgIpc) is 2.50. The molecule has 1 atom stereocenters. The molecule has 0 spiro atoms. The van der Waals surface area contributed by atoms with E-state index in [4.69, 9.17) is 5.11 Å². The number of piperazine rings is 1. The van der Waals surface area contributed by atoms with E-state index in [0.29, 0.717) is 5.92 Å². The summed E-state index contributed by atoms with van der Waals surface area (Å²) in [6.07, 6.45) is 2.50. The van der Waals surface area contributed by atoms with Crippen molar-refractivity contribution in [3.05, 3.63) is 35.9 Å². The second kappa shape index (κ2) is 8.40. The molecule has 1 aromatic rings. The smallest absolute Gasteiger partial charge is 0.0558 e. The molecule has 1 unspecified atom stereocenters. The number of hydrogen-bond donors (Lipinski definition) is 1. The summed E-state index contributed by atoms with van der Waals surface area (Å²) >= 11 is 0. The Morgan fingerprint density at radius 3 is 2.30 bits per heavy atom. The summed E-state index contributed by atoms with van der Waals surface area (Å²) < 4.78 is 0. The minimum absolute atomic E-state index is 0.280. The molecule has 1 aliphatic heterocycles. The van der Waals surface area contributed by atoms with Gasteiger partial charge >= 0.3 is 0 Å². The highest BCUT2D eigenvalue weighted by Gasteiger charge is 2.20. The van der Waals surface area contributed by atoms with E-state index in [1.54, 1.807) is 0 Å². The Labute approximate surface area is 123 Å². The molecular weight excluding hydrogens is 248 g/mol. The van der Waals surface area contributed by atoms with Gasteiger partial charge in [-0.25, -0.2) is 0 Å². The predicted octanol–water partition coefficient (Wildman–Crippen LogP) is 2.18. The highest BCUT2D eigenvalue weighted by molar-refractivity contribution is 5.19. The van der Waals surface area contributed by atoms with Crippen molar-refractivity contribution in [1.82, 2.24) is 9.80 Å². The van der Waals surface area contributed by atoms with Crippen molar-refractivity contribution in [2.24, 2.45) is 0 Å². The van der Waals surface area contributed by atoms with Gasteiger partial charge in [0, 0.05) is 39.3 Å². The fraction of sp³-hybridized carbons (Fsp3) is 0.647. The zero-order valence-corrected chi connectivity index (χ0v) is 12.7. The van der Waals surface area contributed by atoms with Crippen LogP contribution >= 0.6 is 0 Å². The monoisotopic (exact) mass is 276 g/mol. The van der Waals surface area contributed by atoms with Crippen LogP contribution in [0.3, 0.4) is 0 Å². The van der Waals surface area contributed by atoms with Gasteiger partial charge in [0.2, 0.25) is 0 Å². The van der Waals surface area contributed by atoms with Crippen LogP contribution in [-0.2, 0) is 0 Å². The minimum atomic E-state index is 0.280. The van der Waals surface area contributed by atoms with Gasteiger partial charge in [-0.3, -0.25) is 4.90 Å². The van der Waals surface area contributed by atoms with E-state index in [2.05, 4.69) is 47.1 Å². The van der Waals surface area contributed by atoms with Gasteiger partial charge in [0.15, 0.2) is 0 Å². The lowest BCUT2D eigenvalue weighted by atomic mass is 9.94. The molecule has 1 saturated heterocycles. The van der Waals surface area contributed by atoms with E-state index in [0.717, 1.165) is 32.7 Å². The van der Waals surface area contributed by atoms with Gasteiger partial charge < -0.3 is 10.0 Å². The van der Waals surface area contributed by atoms with Crippen LogP contribution in [0.25, 0.3) is 0 Å². The lowest BCUT2D eigenvalue weighted by molar-refractivity contribution is 0.107. The molecule has 3 nitrogen and oxygen atoms in total. The summed E-state index contributed by atoms with van der Waals surface area (Å²) in [6.45, 7) is 9.00. The van der Waals surface area contributed by atoms with Crippen LogP contribution in [0, 0.1) is 0 Å². The molecule has 1 aliphatic rings. The molecule has 1 N–H and O–H groups in total. The van der Waals surface area contributed by atoms with Crippen LogP contribution in [0.1, 0.15) is 31.2 Å². The van der Waals surface area contributed by atoms with Crippen LogP contribution < -0.4 is 0 Å². The first kappa shape index (κ1) is 15.5. The number of aliphatic hydroxyl groups is 1. The van der Waals surface area contributed by atoms with Gasteiger partial charge in [-0.1, -0.05) is 43.7 Å². The third-order valence-electron chi connectivity index (χ3n) is 4.27. The quantitative estimate of drug-likeness (QED) is 0.827. The Kier molecular flexibility index (Phi) is 6.51. The fourth-order valence-electron chi connectivity index (χ4n) is 3.09. The van der Waals surface area contributed by atoms with Crippen molar-refractivity contribution >= 4 is 0 Å². The first-order chi connectivity index (χ1) is 9.83. The molecule has 0 bridgehead atoms. The summed E-state index contributed by atoms with van der Waals surface area (Å²) in [4.78, 5) is 4.94. The normalized spacial score (nSPS) is 19.1. The SMILES string of the molecule is CCCC(CN1CCN(CCO)CC1)c1ccccc1. The van der Waals surface area contributed by atoms with Crippen LogP contribution in [0.5, 0.6) is 0 Å². The zero-order valence-electron chi connectivity index (χ0n) is 12.7. The fourth-order valence-corrected chi connectivity index (χ4v) is 3.09. The molecule has 0 radical (unpaired) electrons. The van der Waals surface area contributed by atoms with Crippen molar-refractivity contribution in [3.63, 3.8) is 0 Å². The summed E-state index contributed by atoms with van der Waals surface area (Å²) in [7, 11) is 0. The Morgan fingerprint density at radius 2 is 1.70 bits per heavy atom. The number of benzene rings is 1. The molecule has 1 aromatic carbocycles. The second-order valence-electron chi connectivity index (χ2n) is 5.76. The lowest BCUT2D eigenvalue weighted by Gasteiger charge is -2.36. The number of rotatable bonds is 7. The Hall–Kier alpha value is -0.900. The molecule has 20 heavy (non-hydrogen) atoms. The summed E-state index contributed by atoms with van der Waals surface area (Å²) in [5.74, 6) is 0.658. The van der Waals surface area contributed by atoms with Crippen LogP contribution in [0.15, 0.2) is 30.3 Å². The van der Waals surface area contributed by atoms with Crippen molar-refractivity contribution in [2.75, 3.05) is 45.9 Å². The Balaban J connectivity index is 1.87. The third-order valence-corrected chi connectivity index (χ3v) is 4.27. The maximum Gasteiger partial charge on any atom is 0.0558 e. The molecule has 3 heteroatoms. The highest BCUT2D eigenvalue weighted by atomic mass is 16.3. The first-order valence-corrected chi connectivity index (χ1v) is 7.94. The molecule has 0 saturated carbocycles. The topological polar surface area (TPSA) is 26.7 Å². The Bertz CT molecular complexity index is 361. The van der Waals surface area contributed by atoms with E-state index >= 15 is 0 Å². The molecule has 1 heterocycles. The lowest BCUT2D eigenvalue weighted by Crippen LogP contribution is -2.48. The number of nitrogens with zero attached hydrogens (tertiary/aromatic N) is 2. The number of β-amino-alcohol motifs (C(OH)–C–C–N with tert-alkyl or cyclic N) is 1. The molecule has 0 amide bonds. The standard InChI is InChI=1S/C17H28N2O/c1-2-6-17(16-7-4-3-5-8-16)15-19-11-9-18(10-12-19)13-14-20/h3-5,7-8,17,20H,2,6,9-15H2,1H3. The van der Waals surface area contributed by atoms with Crippen molar-refractivity contribution < 1.29 is 5.11 Å². The van der Waals surface area contributed by atoms with Crippen LogP contribution in [0.2, 0.25) is 0 Å². The van der Waals surface area contributed by atoms with E-state index < -0.39 is 0 Å². The van der Waals surface area contributed by atoms with Crippen molar-refractivity contribution in [2.45, 2.75) is 25.7 Å². The van der Waals surface area contributed by atoms with Gasteiger partial charge in [-0.2, -0.15) is 0 Å². The maximum absolute atomic E-state index is 8.99. The Morgan fingerprint density at radius 1 is 1.05 bits per heavy atom. The molecule has 0 aliphatic carbocycles. The van der Waals surface area contributed by atoms with Gasteiger partial charge in [-0.15, -0.1) is 0 Å². The van der Waals surface area contributed by atoms with E-state index in [1.807, 2.05) is 0 Å². The average molecular weight is 276 g/mol. The largest absolute Gasteiger partial charge is 0.395 e. The summed E-state index contributed by atoms with van der Waals surface area (Å²) in [5.41, 5.74) is 1.48. The molecule has 112 valence electrons. The van der Waals surface area contributed by atoms with E-state index in [9.17, 15) is 0 Å². The van der Waals surface area contributed by atoms with Gasteiger partial charge in [0.05, 0.1) is 6.61 Å². The van der Waals surface area contributed by atoms with Gasteiger partial charge in [-0.05, 0) is 17.9 Å². The zero-order chi connectivity index (χ0) is 14.2.